The Morgan fingerprint density at radius 2 is 0.714 bits per heavy atom. The summed E-state index contributed by atoms with van der Waals surface area (Å²) in [5.74, 6) is 1.85. The zero-order valence-electron chi connectivity index (χ0n) is 26.6. The molecule has 0 amide bonds. The molecule has 230 valence electrons. The van der Waals surface area contributed by atoms with Crippen molar-refractivity contribution in [2.45, 2.75) is 0 Å². The van der Waals surface area contributed by atoms with Crippen LogP contribution in [0.25, 0.3) is 83.9 Å². The molecule has 0 aliphatic carbocycles. The van der Waals surface area contributed by atoms with E-state index in [9.17, 15) is 0 Å². The van der Waals surface area contributed by atoms with Gasteiger partial charge in [-0.15, -0.1) is 0 Å². The number of hydrogen-bond donors (Lipinski definition) is 0. The first-order chi connectivity index (χ1) is 24.3. The fourth-order valence-corrected chi connectivity index (χ4v) is 6.65. The Morgan fingerprint density at radius 3 is 1.24 bits per heavy atom. The minimum atomic E-state index is 0.582. The molecule has 0 atom stereocenters. The van der Waals surface area contributed by atoms with Crippen LogP contribution in [0.5, 0.6) is 0 Å². The summed E-state index contributed by atoms with van der Waals surface area (Å²) < 4.78 is 2.19. The van der Waals surface area contributed by atoms with Gasteiger partial charge >= 0.3 is 0 Å². The molecule has 2 heterocycles. The van der Waals surface area contributed by atoms with Crippen LogP contribution >= 0.6 is 0 Å². The normalized spacial score (nSPS) is 11.3. The number of aromatic nitrogens is 4. The van der Waals surface area contributed by atoms with Crippen molar-refractivity contribution in [1.29, 1.82) is 0 Å². The highest BCUT2D eigenvalue weighted by Gasteiger charge is 2.19. The molecule has 0 spiro atoms. The fraction of sp³-hybridized carbons (Fsp3) is 0. The smallest absolute Gasteiger partial charge is 0.238 e. The average molecular weight is 627 g/mol. The molecule has 0 saturated heterocycles. The molecule has 2 aromatic heterocycles. The van der Waals surface area contributed by atoms with Gasteiger partial charge in [-0.3, -0.25) is 4.57 Å². The van der Waals surface area contributed by atoms with E-state index in [4.69, 9.17) is 15.0 Å². The highest BCUT2D eigenvalue weighted by Crippen LogP contribution is 2.37. The van der Waals surface area contributed by atoms with Crippen molar-refractivity contribution in [3.8, 4) is 62.1 Å². The monoisotopic (exact) mass is 626 g/mol. The Kier molecular flexibility index (Phi) is 7.10. The molecule has 0 saturated carbocycles. The summed E-state index contributed by atoms with van der Waals surface area (Å²) in [6, 6.07) is 63.5. The van der Waals surface area contributed by atoms with Gasteiger partial charge in [-0.05, 0) is 63.7 Å². The molecule has 7 aromatic carbocycles. The third kappa shape index (κ3) is 5.35. The predicted octanol–water partition coefficient (Wildman–Crippen LogP) is 11.3. The van der Waals surface area contributed by atoms with Crippen molar-refractivity contribution >= 4 is 21.8 Å². The molecular weight excluding hydrogens is 597 g/mol. The molecule has 0 N–H and O–H groups in total. The lowest BCUT2D eigenvalue weighted by Gasteiger charge is -2.13. The molecule has 49 heavy (non-hydrogen) atoms. The summed E-state index contributed by atoms with van der Waals surface area (Å²) in [6.07, 6.45) is 0. The third-order valence-corrected chi connectivity index (χ3v) is 9.04. The van der Waals surface area contributed by atoms with E-state index in [0.29, 0.717) is 17.6 Å². The molecule has 4 nitrogen and oxygen atoms in total. The van der Waals surface area contributed by atoms with E-state index < -0.39 is 0 Å². The van der Waals surface area contributed by atoms with E-state index in [0.717, 1.165) is 44.1 Å². The van der Waals surface area contributed by atoms with Gasteiger partial charge in [-0.1, -0.05) is 152 Å². The summed E-state index contributed by atoms with van der Waals surface area (Å²) >= 11 is 0. The van der Waals surface area contributed by atoms with Crippen molar-refractivity contribution in [3.05, 3.63) is 182 Å². The molecule has 9 rings (SSSR count). The van der Waals surface area contributed by atoms with Gasteiger partial charge in [-0.25, -0.2) is 4.98 Å². The first-order valence-corrected chi connectivity index (χ1v) is 16.5. The van der Waals surface area contributed by atoms with Gasteiger partial charge in [0.1, 0.15) is 0 Å². The quantitative estimate of drug-likeness (QED) is 0.184. The Bertz CT molecular complexity index is 2460. The van der Waals surface area contributed by atoms with Crippen molar-refractivity contribution in [1.82, 2.24) is 19.5 Å². The van der Waals surface area contributed by atoms with Crippen LogP contribution in [0.1, 0.15) is 0 Å². The van der Waals surface area contributed by atoms with Crippen LogP contribution in [-0.2, 0) is 0 Å². The molecule has 0 bridgehead atoms. The van der Waals surface area contributed by atoms with E-state index in [1.54, 1.807) is 0 Å². The average Bonchev–Trinajstić information content (AvgIpc) is 3.52. The second-order valence-electron chi connectivity index (χ2n) is 12.1. The van der Waals surface area contributed by atoms with E-state index in [-0.39, 0.29) is 0 Å². The van der Waals surface area contributed by atoms with Gasteiger partial charge < -0.3 is 0 Å². The van der Waals surface area contributed by atoms with E-state index in [1.165, 1.54) is 22.3 Å². The Balaban J connectivity index is 1.29. The van der Waals surface area contributed by atoms with Crippen molar-refractivity contribution in [2.24, 2.45) is 0 Å². The molecular formula is C45H30N4. The van der Waals surface area contributed by atoms with Crippen LogP contribution in [-0.4, -0.2) is 19.5 Å². The molecule has 0 fully saturated rings. The predicted molar refractivity (Wildman–Crippen MR) is 201 cm³/mol. The molecule has 0 radical (unpaired) electrons. The molecule has 0 aliphatic rings. The van der Waals surface area contributed by atoms with Crippen LogP contribution in [0.2, 0.25) is 0 Å². The largest absolute Gasteiger partial charge is 0.278 e. The zero-order chi connectivity index (χ0) is 32.6. The van der Waals surface area contributed by atoms with Crippen LogP contribution < -0.4 is 0 Å². The lowest BCUT2D eigenvalue weighted by Crippen LogP contribution is -2.06. The topological polar surface area (TPSA) is 43.6 Å². The maximum Gasteiger partial charge on any atom is 0.238 e. The maximum absolute atomic E-state index is 5.12. The van der Waals surface area contributed by atoms with Gasteiger partial charge in [0.15, 0.2) is 11.6 Å². The number of para-hydroxylation sites is 1. The van der Waals surface area contributed by atoms with E-state index in [1.807, 2.05) is 60.7 Å². The second-order valence-corrected chi connectivity index (χ2v) is 12.1. The van der Waals surface area contributed by atoms with Gasteiger partial charge in [0.05, 0.1) is 11.0 Å². The van der Waals surface area contributed by atoms with Gasteiger partial charge in [0, 0.05) is 21.9 Å². The summed E-state index contributed by atoms with van der Waals surface area (Å²) in [5.41, 5.74) is 10.9. The lowest BCUT2D eigenvalue weighted by molar-refractivity contribution is 0.953. The molecule has 0 aliphatic heterocycles. The SMILES string of the molecule is c1ccc(-c2cc(-c3ccccc3)cc(-c3ccc4c5ccccc5n(-c5nc(-c6ccccc6)nc(-c6ccccc6)n5)c4c3)c2)cc1. The minimum Gasteiger partial charge on any atom is -0.278 e. The standard InChI is InChI=1S/C45H30N4/c1-5-15-31(16-6-1)36-27-37(32-17-7-2-8-18-32)29-38(28-36)35-25-26-40-39-23-13-14-24-41(39)49(42(40)30-35)45-47-43(33-19-9-3-10-20-33)46-44(48-45)34-21-11-4-12-22-34/h1-30H. The number of rotatable bonds is 6. The van der Waals surface area contributed by atoms with Gasteiger partial charge in [0.25, 0.3) is 0 Å². The van der Waals surface area contributed by atoms with Crippen molar-refractivity contribution in [3.63, 3.8) is 0 Å². The van der Waals surface area contributed by atoms with Gasteiger partial charge in [0.2, 0.25) is 5.95 Å². The highest BCUT2D eigenvalue weighted by molar-refractivity contribution is 6.10. The summed E-state index contributed by atoms with van der Waals surface area (Å²) in [7, 11) is 0. The first kappa shape index (κ1) is 28.6. The fourth-order valence-electron chi connectivity index (χ4n) is 6.65. The Morgan fingerprint density at radius 1 is 0.286 bits per heavy atom. The number of benzene rings is 7. The van der Waals surface area contributed by atoms with Crippen LogP contribution in [0.15, 0.2) is 182 Å². The number of fused-ring (bicyclic) bond motifs is 3. The van der Waals surface area contributed by atoms with Gasteiger partial charge in [-0.2, -0.15) is 9.97 Å². The summed E-state index contributed by atoms with van der Waals surface area (Å²) in [4.78, 5) is 15.2. The number of hydrogen-bond acceptors (Lipinski definition) is 3. The molecule has 4 heteroatoms. The van der Waals surface area contributed by atoms with E-state index in [2.05, 4.69) is 126 Å². The van der Waals surface area contributed by atoms with Crippen molar-refractivity contribution < 1.29 is 0 Å². The number of nitrogens with zero attached hydrogens (tertiary/aromatic N) is 4. The third-order valence-electron chi connectivity index (χ3n) is 9.04. The summed E-state index contributed by atoms with van der Waals surface area (Å²) in [6.45, 7) is 0. The Hall–Kier alpha value is -6.65. The molecule has 9 aromatic rings. The highest BCUT2D eigenvalue weighted by atomic mass is 15.2. The first-order valence-electron chi connectivity index (χ1n) is 16.5. The molecule has 0 unspecified atom stereocenters. The van der Waals surface area contributed by atoms with E-state index >= 15 is 0 Å². The zero-order valence-corrected chi connectivity index (χ0v) is 26.6. The lowest BCUT2D eigenvalue weighted by atomic mass is 9.93. The van der Waals surface area contributed by atoms with Crippen LogP contribution in [0.4, 0.5) is 0 Å². The second kappa shape index (κ2) is 12.2. The maximum atomic E-state index is 5.12. The van der Waals surface area contributed by atoms with Crippen LogP contribution in [0, 0.1) is 0 Å². The summed E-state index contributed by atoms with van der Waals surface area (Å²) in [5, 5.41) is 2.29. The minimum absolute atomic E-state index is 0.582. The van der Waals surface area contributed by atoms with Crippen molar-refractivity contribution in [2.75, 3.05) is 0 Å². The van der Waals surface area contributed by atoms with Crippen LogP contribution in [0.3, 0.4) is 0 Å². The Labute approximate surface area is 284 Å².